The maximum absolute atomic E-state index is 13.0. The molecule has 0 aliphatic carbocycles. The molecule has 0 aromatic heterocycles. The van der Waals surface area contributed by atoms with E-state index in [1.807, 2.05) is 0 Å². The van der Waals surface area contributed by atoms with Crippen LogP contribution in [-0.4, -0.2) is 24.3 Å². The quantitative estimate of drug-likeness (QED) is 0.557. The number of benzene rings is 1. The maximum atomic E-state index is 13.0. The first-order chi connectivity index (χ1) is 12.5. The Labute approximate surface area is 153 Å². The summed E-state index contributed by atoms with van der Waals surface area (Å²) in [5.74, 6) is -1.37. The Balaban J connectivity index is 2.24. The highest BCUT2D eigenvalue weighted by atomic mass is 19.1. The van der Waals surface area contributed by atoms with Gasteiger partial charge in [0.2, 0.25) is 11.8 Å². The first-order valence-electron chi connectivity index (χ1n) is 9.07. The number of hydrazine groups is 1. The van der Waals surface area contributed by atoms with Crippen molar-refractivity contribution in [3.63, 3.8) is 0 Å². The van der Waals surface area contributed by atoms with Crippen LogP contribution < -0.4 is 16.2 Å². The fourth-order valence-electron chi connectivity index (χ4n) is 2.41. The number of unbranched alkanes of at least 4 members (excludes halogenated alkanes) is 1. The van der Waals surface area contributed by atoms with Crippen LogP contribution in [0.3, 0.4) is 0 Å². The van der Waals surface area contributed by atoms with Gasteiger partial charge in [-0.3, -0.25) is 25.2 Å². The van der Waals surface area contributed by atoms with Crippen molar-refractivity contribution >= 4 is 17.7 Å². The molecule has 0 heterocycles. The Morgan fingerprint density at radius 3 is 2.46 bits per heavy atom. The van der Waals surface area contributed by atoms with Crippen molar-refractivity contribution in [2.45, 2.75) is 52.4 Å². The van der Waals surface area contributed by atoms with Gasteiger partial charge in [-0.05, 0) is 30.5 Å². The number of rotatable bonds is 10. The third-order valence-corrected chi connectivity index (χ3v) is 4.11. The van der Waals surface area contributed by atoms with Gasteiger partial charge in [0.1, 0.15) is 5.82 Å². The van der Waals surface area contributed by atoms with Crippen molar-refractivity contribution in [3.05, 3.63) is 35.6 Å². The minimum Gasteiger partial charge on any atom is -0.356 e. The minimum absolute atomic E-state index is 0.0407. The Morgan fingerprint density at radius 2 is 1.81 bits per heavy atom. The number of hydrogen-bond donors (Lipinski definition) is 3. The molecular formula is C19H28FN3O3. The number of nitrogens with one attached hydrogen (secondary N) is 3. The molecule has 144 valence electrons. The van der Waals surface area contributed by atoms with Crippen LogP contribution in [-0.2, 0) is 9.59 Å². The van der Waals surface area contributed by atoms with Crippen LogP contribution in [0.1, 0.15) is 62.7 Å². The fraction of sp³-hybridized carbons (Fsp3) is 0.526. The smallest absolute Gasteiger partial charge is 0.269 e. The highest BCUT2D eigenvalue weighted by Crippen LogP contribution is 2.11. The molecule has 1 aromatic rings. The first kappa shape index (κ1) is 21.6. The highest BCUT2D eigenvalue weighted by Gasteiger charge is 2.11. The molecule has 0 saturated carbocycles. The van der Waals surface area contributed by atoms with Crippen molar-refractivity contribution in [1.29, 1.82) is 0 Å². The van der Waals surface area contributed by atoms with Crippen molar-refractivity contribution in [2.75, 3.05) is 6.54 Å². The largest absolute Gasteiger partial charge is 0.356 e. The van der Waals surface area contributed by atoms with Crippen LogP contribution >= 0.6 is 0 Å². The van der Waals surface area contributed by atoms with Crippen molar-refractivity contribution in [2.24, 2.45) is 5.92 Å². The van der Waals surface area contributed by atoms with Crippen LogP contribution in [0.15, 0.2) is 24.3 Å². The third-order valence-electron chi connectivity index (χ3n) is 4.11. The zero-order valence-electron chi connectivity index (χ0n) is 15.4. The maximum Gasteiger partial charge on any atom is 0.269 e. The average molecular weight is 365 g/mol. The van der Waals surface area contributed by atoms with E-state index in [1.54, 1.807) is 0 Å². The lowest BCUT2D eigenvalue weighted by molar-refractivity contribution is -0.126. The molecule has 0 saturated heterocycles. The molecule has 1 rings (SSSR count). The van der Waals surface area contributed by atoms with E-state index in [-0.39, 0.29) is 24.3 Å². The Kier molecular flexibility index (Phi) is 9.97. The van der Waals surface area contributed by atoms with E-state index in [0.717, 1.165) is 31.7 Å². The summed E-state index contributed by atoms with van der Waals surface area (Å²) in [6, 6.07) is 5.12. The number of hydrogen-bond acceptors (Lipinski definition) is 3. The van der Waals surface area contributed by atoms with Gasteiger partial charge in [-0.15, -0.1) is 0 Å². The van der Waals surface area contributed by atoms with E-state index in [9.17, 15) is 18.8 Å². The van der Waals surface area contributed by atoms with Crippen LogP contribution in [0.2, 0.25) is 0 Å². The molecule has 26 heavy (non-hydrogen) atoms. The van der Waals surface area contributed by atoms with Gasteiger partial charge in [0.05, 0.1) is 0 Å². The van der Waals surface area contributed by atoms with E-state index >= 15 is 0 Å². The van der Waals surface area contributed by atoms with Crippen LogP contribution in [0, 0.1) is 11.7 Å². The number of carbonyl (C=O) groups excluding carboxylic acids is 3. The first-order valence-corrected chi connectivity index (χ1v) is 9.07. The van der Waals surface area contributed by atoms with E-state index < -0.39 is 17.6 Å². The van der Waals surface area contributed by atoms with Crippen LogP contribution in [0.4, 0.5) is 4.39 Å². The Hall–Kier alpha value is -2.44. The fourth-order valence-corrected chi connectivity index (χ4v) is 2.41. The summed E-state index contributed by atoms with van der Waals surface area (Å²) in [5, 5.41) is 2.85. The highest BCUT2D eigenvalue weighted by molar-refractivity contribution is 5.95. The van der Waals surface area contributed by atoms with Gasteiger partial charge in [0, 0.05) is 24.9 Å². The SMILES string of the molecule is CCCC[C@@H](CC)CNC(=O)CCC(=O)NNC(=O)c1cccc(F)c1. The van der Waals surface area contributed by atoms with E-state index in [4.69, 9.17) is 0 Å². The standard InChI is InChI=1S/C19H28FN3O3/c1-3-5-7-14(4-2)13-21-17(24)10-11-18(25)22-23-19(26)15-8-6-9-16(20)12-15/h6,8-9,12,14H,3-5,7,10-11,13H2,1-2H3,(H,21,24)(H,22,25)(H,23,26)/t14-/m1/s1. The summed E-state index contributed by atoms with van der Waals surface area (Å²) < 4.78 is 13.0. The normalized spacial score (nSPS) is 11.5. The van der Waals surface area contributed by atoms with Gasteiger partial charge < -0.3 is 5.32 Å². The second-order valence-electron chi connectivity index (χ2n) is 6.23. The zero-order valence-corrected chi connectivity index (χ0v) is 15.4. The molecule has 1 aromatic carbocycles. The van der Waals surface area contributed by atoms with Gasteiger partial charge in [0.25, 0.3) is 5.91 Å². The lowest BCUT2D eigenvalue weighted by Crippen LogP contribution is -2.42. The second-order valence-corrected chi connectivity index (χ2v) is 6.23. The lowest BCUT2D eigenvalue weighted by Gasteiger charge is -2.15. The monoisotopic (exact) mass is 365 g/mol. The molecule has 0 unspecified atom stereocenters. The Morgan fingerprint density at radius 1 is 1.08 bits per heavy atom. The lowest BCUT2D eigenvalue weighted by atomic mass is 9.99. The molecule has 3 amide bonds. The van der Waals surface area contributed by atoms with Gasteiger partial charge in [-0.1, -0.05) is 39.2 Å². The summed E-state index contributed by atoms with van der Waals surface area (Å²) >= 11 is 0. The molecule has 0 radical (unpaired) electrons. The van der Waals surface area contributed by atoms with Gasteiger partial charge in [-0.25, -0.2) is 4.39 Å². The molecule has 0 bridgehead atoms. The van der Waals surface area contributed by atoms with Crippen molar-refractivity contribution in [3.8, 4) is 0 Å². The van der Waals surface area contributed by atoms with Crippen molar-refractivity contribution in [1.82, 2.24) is 16.2 Å². The number of carbonyl (C=O) groups is 3. The molecule has 0 aliphatic rings. The summed E-state index contributed by atoms with van der Waals surface area (Å²) in [4.78, 5) is 35.3. The second kappa shape index (κ2) is 12.0. The van der Waals surface area contributed by atoms with E-state index in [0.29, 0.717) is 12.5 Å². The van der Waals surface area contributed by atoms with E-state index in [2.05, 4.69) is 30.0 Å². The third kappa shape index (κ3) is 8.60. The molecular weight excluding hydrogens is 337 g/mol. The molecule has 6 nitrogen and oxygen atoms in total. The Bertz CT molecular complexity index is 607. The molecule has 0 spiro atoms. The zero-order chi connectivity index (χ0) is 19.4. The predicted octanol–water partition coefficient (Wildman–Crippen LogP) is 2.70. The molecule has 3 N–H and O–H groups in total. The molecule has 0 fully saturated rings. The average Bonchev–Trinajstić information content (AvgIpc) is 2.64. The van der Waals surface area contributed by atoms with Gasteiger partial charge in [0.15, 0.2) is 0 Å². The summed E-state index contributed by atoms with van der Waals surface area (Å²) in [5.41, 5.74) is 4.51. The van der Waals surface area contributed by atoms with Crippen molar-refractivity contribution < 1.29 is 18.8 Å². The molecule has 1 atom stereocenters. The minimum atomic E-state index is -0.621. The predicted molar refractivity (Wildman–Crippen MR) is 97.6 cm³/mol. The molecule has 7 heteroatoms. The van der Waals surface area contributed by atoms with Crippen LogP contribution in [0.5, 0.6) is 0 Å². The summed E-state index contributed by atoms with van der Waals surface area (Å²) in [7, 11) is 0. The van der Waals surface area contributed by atoms with E-state index in [1.165, 1.54) is 18.2 Å². The van der Waals surface area contributed by atoms with Crippen LogP contribution in [0.25, 0.3) is 0 Å². The number of amides is 3. The van der Waals surface area contributed by atoms with Gasteiger partial charge >= 0.3 is 0 Å². The van der Waals surface area contributed by atoms with Gasteiger partial charge in [-0.2, -0.15) is 0 Å². The summed E-state index contributed by atoms with van der Waals surface area (Å²) in [6.07, 6.45) is 4.37. The topological polar surface area (TPSA) is 87.3 Å². The summed E-state index contributed by atoms with van der Waals surface area (Å²) in [6.45, 7) is 4.85. The molecule has 0 aliphatic heterocycles. The number of halogens is 1.